The lowest BCUT2D eigenvalue weighted by molar-refractivity contribution is 0.409. The first kappa shape index (κ1) is 21.5. The summed E-state index contributed by atoms with van der Waals surface area (Å²) in [6, 6.07) is 13.4. The maximum absolute atomic E-state index is 11.9. The number of aliphatic imine (C=N–C) groups is 1. The van der Waals surface area contributed by atoms with E-state index in [0.29, 0.717) is 0 Å². The highest BCUT2D eigenvalue weighted by atomic mass is 16.5. The van der Waals surface area contributed by atoms with Gasteiger partial charge in [0, 0.05) is 37.9 Å². The number of guanidine groups is 1. The first-order chi connectivity index (χ1) is 13.7. The maximum Gasteiger partial charge on any atom is 0.250 e. The maximum atomic E-state index is 11.9. The van der Waals surface area contributed by atoms with Gasteiger partial charge in [-0.05, 0) is 50.8 Å². The summed E-state index contributed by atoms with van der Waals surface area (Å²) < 4.78 is 7.22. The first-order valence-electron chi connectivity index (χ1n) is 9.96. The number of aryl methyl sites for hydroxylation is 1. The highest BCUT2D eigenvalue weighted by Crippen LogP contribution is 2.17. The molecule has 2 aromatic rings. The van der Waals surface area contributed by atoms with Gasteiger partial charge < -0.3 is 19.9 Å². The minimum atomic E-state index is 0.0647. The zero-order valence-electron chi connectivity index (χ0n) is 17.2. The van der Waals surface area contributed by atoms with E-state index in [1.807, 2.05) is 35.8 Å². The molecule has 0 fully saturated rings. The fraction of sp³-hybridized carbons (Fsp3) is 0.455. The summed E-state index contributed by atoms with van der Waals surface area (Å²) in [6.07, 6.45) is 2.73. The van der Waals surface area contributed by atoms with Crippen molar-refractivity contribution in [3.63, 3.8) is 0 Å². The quantitative estimate of drug-likeness (QED) is 0.375. The zero-order valence-corrected chi connectivity index (χ0v) is 17.2. The Morgan fingerprint density at radius 1 is 1.11 bits per heavy atom. The van der Waals surface area contributed by atoms with Gasteiger partial charge in [0.1, 0.15) is 5.75 Å². The number of hydrogen-bond donors (Lipinski definition) is 2. The second-order valence-electron chi connectivity index (χ2n) is 6.61. The Morgan fingerprint density at radius 2 is 1.93 bits per heavy atom. The van der Waals surface area contributed by atoms with E-state index in [1.54, 1.807) is 19.2 Å². The van der Waals surface area contributed by atoms with Crippen molar-refractivity contribution >= 4 is 5.96 Å². The van der Waals surface area contributed by atoms with Gasteiger partial charge >= 0.3 is 0 Å². The molecule has 0 saturated heterocycles. The average molecular weight is 385 g/mol. The van der Waals surface area contributed by atoms with Crippen molar-refractivity contribution in [1.82, 2.24) is 15.2 Å². The van der Waals surface area contributed by atoms with Gasteiger partial charge in [-0.1, -0.05) is 24.3 Å². The number of nitrogens with one attached hydrogen (secondary N) is 2. The van der Waals surface area contributed by atoms with Gasteiger partial charge in [-0.15, -0.1) is 0 Å². The number of methoxy groups -OCH3 is 1. The molecule has 6 nitrogen and oxygen atoms in total. The van der Waals surface area contributed by atoms with Crippen LogP contribution in [-0.2, 0) is 13.0 Å². The van der Waals surface area contributed by atoms with Crippen molar-refractivity contribution in [3.05, 3.63) is 64.1 Å². The number of hydrogen-bond acceptors (Lipinski definition) is 3. The smallest absolute Gasteiger partial charge is 0.250 e. The highest BCUT2D eigenvalue weighted by Gasteiger charge is 2.03. The van der Waals surface area contributed by atoms with E-state index in [2.05, 4.69) is 28.6 Å². The minimum Gasteiger partial charge on any atom is -0.496 e. The van der Waals surface area contributed by atoms with E-state index in [1.165, 1.54) is 5.56 Å². The molecule has 0 saturated carbocycles. The van der Waals surface area contributed by atoms with Crippen LogP contribution in [-0.4, -0.2) is 37.3 Å². The largest absolute Gasteiger partial charge is 0.496 e. The Labute approximate surface area is 167 Å². The number of ether oxygens (including phenoxy) is 1. The number of rotatable bonds is 10. The van der Waals surface area contributed by atoms with Crippen LogP contribution in [0.5, 0.6) is 5.75 Å². The van der Waals surface area contributed by atoms with Gasteiger partial charge in [0.25, 0.3) is 5.56 Å². The highest BCUT2D eigenvalue weighted by molar-refractivity contribution is 5.79. The summed E-state index contributed by atoms with van der Waals surface area (Å²) in [4.78, 5) is 16.5. The molecule has 0 unspecified atom stereocenters. The third kappa shape index (κ3) is 6.76. The molecule has 0 atom stereocenters. The Morgan fingerprint density at radius 3 is 2.68 bits per heavy atom. The monoisotopic (exact) mass is 384 g/mol. The molecule has 0 radical (unpaired) electrons. The Kier molecular flexibility index (Phi) is 9.11. The number of pyridine rings is 1. The molecule has 152 valence electrons. The SMILES string of the molecule is CCNC(=NCCCCn1c(C)cccc1=O)NCCc1ccccc1OC. The second-order valence-corrected chi connectivity index (χ2v) is 6.61. The number of aromatic nitrogens is 1. The van der Waals surface area contributed by atoms with Crippen molar-refractivity contribution in [2.45, 2.75) is 39.7 Å². The molecule has 0 bridgehead atoms. The fourth-order valence-corrected chi connectivity index (χ4v) is 3.05. The lowest BCUT2D eigenvalue weighted by Crippen LogP contribution is -2.38. The molecule has 2 N–H and O–H groups in total. The van der Waals surface area contributed by atoms with Gasteiger partial charge in [0.05, 0.1) is 7.11 Å². The van der Waals surface area contributed by atoms with Crippen LogP contribution < -0.4 is 20.9 Å². The molecule has 28 heavy (non-hydrogen) atoms. The van der Waals surface area contributed by atoms with Gasteiger partial charge in [-0.3, -0.25) is 9.79 Å². The van der Waals surface area contributed by atoms with E-state index >= 15 is 0 Å². The first-order valence-corrected chi connectivity index (χ1v) is 9.96. The Hall–Kier alpha value is -2.76. The summed E-state index contributed by atoms with van der Waals surface area (Å²) in [5, 5.41) is 6.65. The lowest BCUT2D eigenvalue weighted by Gasteiger charge is -2.13. The van der Waals surface area contributed by atoms with E-state index in [-0.39, 0.29) is 5.56 Å². The number of nitrogens with zero attached hydrogens (tertiary/aromatic N) is 2. The summed E-state index contributed by atoms with van der Waals surface area (Å²) in [5.74, 6) is 1.74. The van der Waals surface area contributed by atoms with Crippen molar-refractivity contribution in [2.75, 3.05) is 26.7 Å². The van der Waals surface area contributed by atoms with Crippen LogP contribution in [0.15, 0.2) is 52.3 Å². The number of benzene rings is 1. The summed E-state index contributed by atoms with van der Waals surface area (Å²) >= 11 is 0. The predicted molar refractivity (Wildman–Crippen MR) is 115 cm³/mol. The van der Waals surface area contributed by atoms with Gasteiger partial charge in [-0.2, -0.15) is 0 Å². The number of para-hydroxylation sites is 1. The molecule has 6 heteroatoms. The summed E-state index contributed by atoms with van der Waals surface area (Å²) in [6.45, 7) is 7.09. The van der Waals surface area contributed by atoms with Crippen LogP contribution in [0.25, 0.3) is 0 Å². The van der Waals surface area contributed by atoms with Crippen molar-refractivity contribution in [1.29, 1.82) is 0 Å². The summed E-state index contributed by atoms with van der Waals surface area (Å²) in [5.41, 5.74) is 2.24. The van der Waals surface area contributed by atoms with Crippen molar-refractivity contribution in [2.24, 2.45) is 4.99 Å². The zero-order chi connectivity index (χ0) is 20.2. The standard InChI is InChI=1S/C22H32N4O2/c1-4-23-22(25-16-14-19-11-5-6-12-20(19)28-3)24-15-7-8-17-26-18(2)10-9-13-21(26)27/h5-6,9-13H,4,7-8,14-17H2,1-3H3,(H2,23,24,25). The molecule has 0 spiro atoms. The molecule has 1 heterocycles. The van der Waals surface area contributed by atoms with E-state index < -0.39 is 0 Å². The van der Waals surface area contributed by atoms with E-state index in [4.69, 9.17) is 4.74 Å². The van der Waals surface area contributed by atoms with Crippen molar-refractivity contribution in [3.8, 4) is 5.75 Å². The fourth-order valence-electron chi connectivity index (χ4n) is 3.05. The number of unbranched alkanes of at least 4 members (excludes halogenated alkanes) is 1. The second kappa shape index (κ2) is 11.8. The van der Waals surface area contributed by atoms with Crippen LogP contribution in [0.3, 0.4) is 0 Å². The molecule has 2 rings (SSSR count). The molecule has 0 aliphatic rings. The molecule has 0 aliphatic heterocycles. The third-order valence-electron chi connectivity index (χ3n) is 4.55. The Bertz CT molecular complexity index is 814. The molecular formula is C22H32N4O2. The summed E-state index contributed by atoms with van der Waals surface area (Å²) in [7, 11) is 1.70. The van der Waals surface area contributed by atoms with E-state index in [9.17, 15) is 4.79 Å². The Balaban J connectivity index is 1.77. The predicted octanol–water partition coefficient (Wildman–Crippen LogP) is 2.74. The van der Waals surface area contributed by atoms with Gasteiger partial charge in [0.15, 0.2) is 5.96 Å². The van der Waals surface area contributed by atoms with Crippen LogP contribution in [0.4, 0.5) is 0 Å². The molecule has 1 aromatic carbocycles. The van der Waals surface area contributed by atoms with Crippen LogP contribution in [0.1, 0.15) is 31.0 Å². The van der Waals surface area contributed by atoms with E-state index in [0.717, 1.165) is 62.8 Å². The molecular weight excluding hydrogens is 352 g/mol. The topological polar surface area (TPSA) is 67.7 Å². The van der Waals surface area contributed by atoms with Gasteiger partial charge in [-0.25, -0.2) is 0 Å². The van der Waals surface area contributed by atoms with Crippen molar-refractivity contribution < 1.29 is 4.74 Å². The van der Waals surface area contributed by atoms with Crippen LogP contribution >= 0.6 is 0 Å². The van der Waals surface area contributed by atoms with Crippen LogP contribution in [0, 0.1) is 6.92 Å². The molecule has 1 aromatic heterocycles. The molecule has 0 aliphatic carbocycles. The normalized spacial score (nSPS) is 11.3. The minimum absolute atomic E-state index is 0.0647. The third-order valence-corrected chi connectivity index (χ3v) is 4.55. The van der Waals surface area contributed by atoms with Gasteiger partial charge in [0.2, 0.25) is 0 Å². The lowest BCUT2D eigenvalue weighted by atomic mass is 10.1. The van der Waals surface area contributed by atoms with Crippen LogP contribution in [0.2, 0.25) is 0 Å². The molecule has 0 amide bonds. The average Bonchev–Trinajstić information content (AvgIpc) is 2.70.